The summed E-state index contributed by atoms with van der Waals surface area (Å²) in [6.07, 6.45) is 7.87. The third kappa shape index (κ3) is 6.39. The van der Waals surface area contributed by atoms with Gasteiger partial charge in [-0.2, -0.15) is 0 Å². The average molecular weight is 492 g/mol. The van der Waals surface area contributed by atoms with E-state index in [1.165, 1.54) is 4.88 Å². The molecule has 0 amide bonds. The number of nitrogens with two attached hydrogens (primary N) is 1. The van der Waals surface area contributed by atoms with Crippen LogP contribution in [0.1, 0.15) is 41.6 Å². The van der Waals surface area contributed by atoms with E-state index in [1.807, 2.05) is 48.3 Å². The van der Waals surface area contributed by atoms with Gasteiger partial charge in [0.25, 0.3) is 0 Å². The molecule has 1 atom stereocenters. The van der Waals surface area contributed by atoms with Crippen LogP contribution in [-0.2, 0) is 6.54 Å². The first-order chi connectivity index (χ1) is 17.1. The van der Waals surface area contributed by atoms with Crippen molar-refractivity contribution in [3.63, 3.8) is 0 Å². The number of rotatable bonds is 11. The Kier molecular flexibility index (Phi) is 7.99. The van der Waals surface area contributed by atoms with Gasteiger partial charge >= 0.3 is 0 Å². The minimum Gasteiger partial charge on any atom is -0.455 e. The summed E-state index contributed by atoms with van der Waals surface area (Å²) in [6, 6.07) is 15.0. The number of amidine groups is 1. The van der Waals surface area contributed by atoms with Crippen molar-refractivity contribution in [3.8, 4) is 22.8 Å². The number of benzene rings is 2. The van der Waals surface area contributed by atoms with Crippen LogP contribution in [0, 0.1) is 6.92 Å². The summed E-state index contributed by atoms with van der Waals surface area (Å²) in [5.74, 6) is 1.43. The Morgan fingerprint density at radius 1 is 1.11 bits per heavy atom. The third-order valence-corrected chi connectivity index (χ3v) is 6.36. The second kappa shape index (κ2) is 11.5. The highest BCUT2D eigenvalue weighted by atomic mass is 32.1. The van der Waals surface area contributed by atoms with E-state index in [-0.39, 0.29) is 5.84 Å². The Bertz CT molecular complexity index is 1240. The molecule has 0 aliphatic rings. The van der Waals surface area contributed by atoms with E-state index >= 15 is 0 Å². The normalized spacial score (nSPS) is 12.5. The summed E-state index contributed by atoms with van der Waals surface area (Å²) in [5.41, 5.74) is 8.28. The number of aromatic nitrogens is 3. The zero-order valence-electron chi connectivity index (χ0n) is 19.8. The molecule has 8 nitrogen and oxygen atoms in total. The molecule has 35 heavy (non-hydrogen) atoms. The van der Waals surface area contributed by atoms with E-state index < -0.39 is 6.29 Å². The molecule has 0 aliphatic carbocycles. The maximum absolute atomic E-state index is 8.83. The topological polar surface area (TPSA) is 108 Å². The number of unbranched alkanes of at least 4 members (excludes halogenated alkanes) is 1. The summed E-state index contributed by atoms with van der Waals surface area (Å²) >= 11 is 1.70. The molecule has 0 radical (unpaired) electrons. The molecular formula is C26H29N5O3S. The van der Waals surface area contributed by atoms with Gasteiger partial charge in [-0.05, 0) is 61.9 Å². The number of ether oxygens (including phenoxy) is 2. The highest BCUT2D eigenvalue weighted by molar-refractivity contribution is 7.12. The number of hydrogen-bond donors (Lipinski definition) is 2. The Balaban J connectivity index is 1.46. The predicted octanol–water partition coefficient (Wildman–Crippen LogP) is 5.43. The SMILES string of the molecule is CCCCC(Oc1ccc(C(N)=NO)cc1)Oc1ccc(-c2nc(C)sc2Cn2ccnc2)cc1. The van der Waals surface area contributed by atoms with Crippen LogP contribution in [-0.4, -0.2) is 31.9 Å². The summed E-state index contributed by atoms with van der Waals surface area (Å²) in [7, 11) is 0. The van der Waals surface area contributed by atoms with Crippen LogP contribution in [0.15, 0.2) is 72.4 Å². The van der Waals surface area contributed by atoms with Crippen molar-refractivity contribution < 1.29 is 14.7 Å². The fourth-order valence-electron chi connectivity index (χ4n) is 3.62. The van der Waals surface area contributed by atoms with Crippen molar-refractivity contribution in [1.29, 1.82) is 0 Å². The molecule has 4 rings (SSSR count). The molecule has 4 aromatic rings. The van der Waals surface area contributed by atoms with Gasteiger partial charge in [-0.3, -0.25) is 0 Å². The van der Waals surface area contributed by atoms with Gasteiger partial charge in [-0.1, -0.05) is 18.5 Å². The van der Waals surface area contributed by atoms with Crippen LogP contribution in [0.3, 0.4) is 0 Å². The second-order valence-electron chi connectivity index (χ2n) is 8.08. The Morgan fingerprint density at radius 3 is 2.40 bits per heavy atom. The van der Waals surface area contributed by atoms with Crippen LogP contribution in [0.2, 0.25) is 0 Å². The van der Waals surface area contributed by atoms with Gasteiger partial charge in [0, 0.05) is 29.9 Å². The van der Waals surface area contributed by atoms with Gasteiger partial charge in [-0.15, -0.1) is 11.3 Å². The van der Waals surface area contributed by atoms with Crippen LogP contribution in [0.5, 0.6) is 11.5 Å². The van der Waals surface area contributed by atoms with Crippen LogP contribution < -0.4 is 15.2 Å². The monoisotopic (exact) mass is 491 g/mol. The van der Waals surface area contributed by atoms with Gasteiger partial charge in [0.05, 0.1) is 28.5 Å². The lowest BCUT2D eigenvalue weighted by atomic mass is 10.1. The minimum absolute atomic E-state index is 0.0545. The summed E-state index contributed by atoms with van der Waals surface area (Å²) in [4.78, 5) is 10.1. The number of imidazole rings is 1. The molecule has 2 heterocycles. The first kappa shape index (κ1) is 24.3. The van der Waals surface area contributed by atoms with Crippen molar-refractivity contribution in [2.45, 2.75) is 45.9 Å². The molecule has 182 valence electrons. The number of aryl methyl sites for hydroxylation is 1. The lowest BCUT2D eigenvalue weighted by molar-refractivity contribution is -0.00211. The van der Waals surface area contributed by atoms with E-state index in [0.29, 0.717) is 11.3 Å². The molecule has 1 unspecified atom stereocenters. The summed E-state index contributed by atoms with van der Waals surface area (Å²) in [5, 5.41) is 12.9. The zero-order valence-corrected chi connectivity index (χ0v) is 20.6. The van der Waals surface area contributed by atoms with Gasteiger partial charge in [0.1, 0.15) is 11.5 Å². The van der Waals surface area contributed by atoms with E-state index in [0.717, 1.165) is 47.8 Å². The fourth-order valence-corrected chi connectivity index (χ4v) is 4.58. The first-order valence-electron chi connectivity index (χ1n) is 11.5. The Hall–Kier alpha value is -3.85. The van der Waals surface area contributed by atoms with Crippen molar-refractivity contribution in [2.24, 2.45) is 10.9 Å². The number of hydrogen-bond acceptors (Lipinski definition) is 7. The smallest absolute Gasteiger partial charge is 0.241 e. The Labute approximate surface area is 208 Å². The van der Waals surface area contributed by atoms with E-state index in [9.17, 15) is 0 Å². The number of thiazole rings is 1. The van der Waals surface area contributed by atoms with Crippen molar-refractivity contribution >= 4 is 17.2 Å². The van der Waals surface area contributed by atoms with E-state index in [1.54, 1.807) is 41.8 Å². The van der Waals surface area contributed by atoms with E-state index in [2.05, 4.69) is 17.1 Å². The molecule has 9 heteroatoms. The molecule has 0 bridgehead atoms. The number of oxime groups is 1. The Morgan fingerprint density at radius 2 is 1.80 bits per heavy atom. The van der Waals surface area contributed by atoms with Crippen LogP contribution in [0.25, 0.3) is 11.3 Å². The maximum atomic E-state index is 8.83. The predicted molar refractivity (Wildman–Crippen MR) is 137 cm³/mol. The molecule has 0 saturated heterocycles. The van der Waals surface area contributed by atoms with Crippen LogP contribution in [0.4, 0.5) is 0 Å². The lowest BCUT2D eigenvalue weighted by Gasteiger charge is -2.21. The lowest BCUT2D eigenvalue weighted by Crippen LogP contribution is -2.24. The standard InChI is InChI=1S/C26H29N5O3S/c1-3-4-5-24(34-22-12-8-20(9-13-22)26(27)30-32)33-21-10-6-19(7-11-21)25-23(35-18(2)29-25)16-31-15-14-28-17-31/h6-15,17,24,32H,3-5,16H2,1-2H3,(H2,27,30). The average Bonchev–Trinajstić information content (AvgIpc) is 3.52. The van der Waals surface area contributed by atoms with Gasteiger partial charge in [0.2, 0.25) is 6.29 Å². The quantitative estimate of drug-likeness (QED) is 0.0952. The summed E-state index contributed by atoms with van der Waals surface area (Å²) in [6.45, 7) is 4.89. The van der Waals surface area contributed by atoms with Crippen molar-refractivity contribution in [2.75, 3.05) is 0 Å². The van der Waals surface area contributed by atoms with E-state index in [4.69, 9.17) is 25.4 Å². The van der Waals surface area contributed by atoms with Crippen LogP contribution >= 0.6 is 11.3 Å². The molecule has 0 saturated carbocycles. The fraction of sp³-hybridized carbons (Fsp3) is 0.269. The number of nitrogens with zero attached hydrogens (tertiary/aromatic N) is 4. The molecule has 2 aromatic carbocycles. The van der Waals surface area contributed by atoms with Gasteiger partial charge in [0.15, 0.2) is 5.84 Å². The van der Waals surface area contributed by atoms with Gasteiger partial charge in [-0.25, -0.2) is 9.97 Å². The second-order valence-corrected chi connectivity index (χ2v) is 9.37. The minimum atomic E-state index is -0.436. The highest BCUT2D eigenvalue weighted by Gasteiger charge is 2.15. The molecule has 0 aliphatic heterocycles. The molecule has 3 N–H and O–H groups in total. The highest BCUT2D eigenvalue weighted by Crippen LogP contribution is 2.30. The largest absolute Gasteiger partial charge is 0.455 e. The first-order valence-corrected chi connectivity index (χ1v) is 12.3. The zero-order chi connectivity index (χ0) is 24.6. The molecule has 0 fully saturated rings. The molecule has 2 aromatic heterocycles. The van der Waals surface area contributed by atoms with Crippen molar-refractivity contribution in [3.05, 3.63) is 82.7 Å². The van der Waals surface area contributed by atoms with Gasteiger partial charge < -0.3 is 25.0 Å². The summed E-state index contributed by atoms with van der Waals surface area (Å²) < 4.78 is 14.3. The molecular weight excluding hydrogens is 462 g/mol. The van der Waals surface area contributed by atoms with Crippen molar-refractivity contribution in [1.82, 2.24) is 14.5 Å². The third-order valence-electron chi connectivity index (χ3n) is 5.40. The maximum Gasteiger partial charge on any atom is 0.241 e. The molecule has 0 spiro atoms.